The molecule has 0 aromatic rings. The van der Waals surface area contributed by atoms with Crippen molar-refractivity contribution < 1.29 is 50.2 Å². The Labute approximate surface area is 142 Å². The Bertz CT molecular complexity index is 535. The van der Waals surface area contributed by atoms with Crippen molar-refractivity contribution >= 4 is 50.3 Å². The fourth-order valence-corrected chi connectivity index (χ4v) is 2.74. The molecule has 12 nitrogen and oxygen atoms in total. The standard InChI is InChI=1S/C6H13NO11S2.Na/c8-1-2-4(9)5(18-20(14,15)16)3(6(10)17-2)7-19(11,12)13;/h2-10H,1H2,(H,11,12,13)(H,14,15,16);. The summed E-state index contributed by atoms with van der Waals surface area (Å²) in [7, 11) is -10.0. The molecule has 1 aliphatic rings. The summed E-state index contributed by atoms with van der Waals surface area (Å²) in [5.74, 6) is 0. The molecule has 0 aromatic carbocycles. The number of hydrogen-bond acceptors (Lipinski definition) is 9. The molecule has 1 rings (SSSR count). The Kier molecular flexibility index (Phi) is 8.13. The van der Waals surface area contributed by atoms with Gasteiger partial charge in [-0.2, -0.15) is 21.6 Å². The van der Waals surface area contributed by atoms with Crippen LogP contribution in [-0.2, 0) is 29.6 Å². The summed E-state index contributed by atoms with van der Waals surface area (Å²) in [6.07, 6.45) is -7.54. The van der Waals surface area contributed by atoms with Crippen molar-refractivity contribution in [3.05, 3.63) is 0 Å². The smallest absolute Gasteiger partial charge is 0.394 e. The average Bonchev–Trinajstić information content (AvgIpc) is 2.25. The van der Waals surface area contributed by atoms with Gasteiger partial charge in [0.1, 0.15) is 24.4 Å². The second-order valence-electron chi connectivity index (χ2n) is 3.85. The van der Waals surface area contributed by atoms with Crippen LogP contribution in [0.1, 0.15) is 0 Å². The van der Waals surface area contributed by atoms with Crippen molar-refractivity contribution in [2.75, 3.05) is 6.61 Å². The Hall–Kier alpha value is 0.580. The molecule has 0 aromatic heterocycles. The zero-order chi connectivity index (χ0) is 15.7. The number of nitrogens with one attached hydrogen (secondary N) is 1. The van der Waals surface area contributed by atoms with E-state index in [1.807, 2.05) is 0 Å². The second kappa shape index (κ2) is 7.91. The first kappa shape index (κ1) is 21.6. The maximum atomic E-state index is 10.7. The number of aliphatic hydroxyl groups excluding tert-OH is 3. The zero-order valence-corrected chi connectivity index (χ0v) is 14.2. The van der Waals surface area contributed by atoms with Gasteiger partial charge in [-0.25, -0.2) is 4.18 Å². The van der Waals surface area contributed by atoms with Crippen molar-refractivity contribution in [3.63, 3.8) is 0 Å². The first-order chi connectivity index (χ1) is 8.94. The summed E-state index contributed by atoms with van der Waals surface area (Å²) in [6, 6.07) is -1.95. The van der Waals surface area contributed by atoms with Gasteiger partial charge in [0.2, 0.25) is 0 Å². The van der Waals surface area contributed by atoms with Crippen LogP contribution in [0.4, 0.5) is 0 Å². The van der Waals surface area contributed by atoms with Crippen molar-refractivity contribution in [1.82, 2.24) is 4.72 Å². The van der Waals surface area contributed by atoms with E-state index in [-0.39, 0.29) is 29.6 Å². The molecule has 1 aliphatic heterocycles. The maximum absolute atomic E-state index is 10.7. The maximum Gasteiger partial charge on any atom is 0.397 e. The van der Waals surface area contributed by atoms with Crippen molar-refractivity contribution in [2.45, 2.75) is 30.6 Å². The normalized spacial score (nSPS) is 34.2. The Morgan fingerprint density at radius 2 is 1.67 bits per heavy atom. The van der Waals surface area contributed by atoms with E-state index in [0.29, 0.717) is 0 Å². The van der Waals surface area contributed by atoms with Gasteiger partial charge in [0.25, 0.3) is 0 Å². The molecule has 0 amide bonds. The van der Waals surface area contributed by atoms with Crippen LogP contribution < -0.4 is 4.72 Å². The molecular weight excluding hydrogens is 349 g/mol. The molecule has 0 bridgehead atoms. The van der Waals surface area contributed by atoms with Crippen LogP contribution in [-0.4, -0.2) is 108 Å². The largest absolute Gasteiger partial charge is 0.397 e. The minimum Gasteiger partial charge on any atom is -0.394 e. The fraction of sp³-hybridized carbons (Fsp3) is 1.00. The van der Waals surface area contributed by atoms with E-state index in [2.05, 4.69) is 8.92 Å². The van der Waals surface area contributed by atoms with Gasteiger partial charge in [0, 0.05) is 29.6 Å². The van der Waals surface area contributed by atoms with E-state index in [4.69, 9.17) is 14.2 Å². The molecule has 1 saturated heterocycles. The number of rotatable bonds is 5. The van der Waals surface area contributed by atoms with Crippen molar-refractivity contribution in [2.24, 2.45) is 0 Å². The molecule has 5 unspecified atom stereocenters. The summed E-state index contributed by atoms with van der Waals surface area (Å²) in [4.78, 5) is 0. The van der Waals surface area contributed by atoms with E-state index in [9.17, 15) is 27.0 Å². The van der Waals surface area contributed by atoms with Crippen LogP contribution in [0.3, 0.4) is 0 Å². The predicted octanol–water partition coefficient (Wildman–Crippen LogP) is -4.37. The zero-order valence-electron chi connectivity index (χ0n) is 10.6. The van der Waals surface area contributed by atoms with Gasteiger partial charge in [-0.05, 0) is 0 Å². The molecule has 1 fully saturated rings. The van der Waals surface area contributed by atoms with Gasteiger partial charge in [-0.3, -0.25) is 9.11 Å². The van der Waals surface area contributed by atoms with Gasteiger partial charge in [0.05, 0.1) is 6.61 Å². The predicted molar refractivity (Wildman–Crippen MR) is 64.6 cm³/mol. The molecule has 15 heteroatoms. The summed E-state index contributed by atoms with van der Waals surface area (Å²) in [6.45, 7) is -0.859. The number of hydrogen-bond donors (Lipinski definition) is 6. The van der Waals surface area contributed by atoms with Crippen molar-refractivity contribution in [1.29, 1.82) is 0 Å². The van der Waals surface area contributed by atoms with Gasteiger partial charge < -0.3 is 20.1 Å². The van der Waals surface area contributed by atoms with E-state index in [1.54, 1.807) is 0 Å². The average molecular weight is 362 g/mol. The van der Waals surface area contributed by atoms with Crippen LogP contribution in [0, 0.1) is 0 Å². The van der Waals surface area contributed by atoms with Gasteiger partial charge in [0.15, 0.2) is 6.29 Å². The molecule has 5 atom stereocenters. The van der Waals surface area contributed by atoms with Crippen LogP contribution in [0.15, 0.2) is 0 Å². The Morgan fingerprint density at radius 1 is 1.14 bits per heavy atom. The van der Waals surface area contributed by atoms with E-state index >= 15 is 0 Å². The third kappa shape index (κ3) is 6.69. The minimum atomic E-state index is -5.12. The quantitative estimate of drug-likeness (QED) is 0.204. The molecule has 21 heavy (non-hydrogen) atoms. The molecule has 6 N–H and O–H groups in total. The Balaban J connectivity index is 0.00000400. The molecular formula is C6H13NNaO11S2. The topological polar surface area (TPSA) is 200 Å². The summed E-state index contributed by atoms with van der Waals surface area (Å²) < 4.78 is 69.9. The van der Waals surface area contributed by atoms with Gasteiger partial charge in [-0.1, -0.05) is 0 Å². The first-order valence-corrected chi connectivity index (χ1v) is 7.78. The van der Waals surface area contributed by atoms with Crippen LogP contribution in [0.25, 0.3) is 0 Å². The van der Waals surface area contributed by atoms with Crippen molar-refractivity contribution in [3.8, 4) is 0 Å². The minimum absolute atomic E-state index is 0. The second-order valence-corrected chi connectivity index (χ2v) is 6.08. The number of aliphatic hydroxyl groups is 3. The number of ether oxygens (including phenoxy) is 1. The van der Waals surface area contributed by atoms with Crippen LogP contribution in [0.2, 0.25) is 0 Å². The third-order valence-corrected chi connectivity index (χ3v) is 3.43. The third-order valence-electron chi connectivity index (χ3n) is 2.39. The summed E-state index contributed by atoms with van der Waals surface area (Å²) in [5, 5.41) is 28.0. The van der Waals surface area contributed by atoms with Crippen LogP contribution >= 0.6 is 0 Å². The summed E-state index contributed by atoms with van der Waals surface area (Å²) >= 11 is 0. The van der Waals surface area contributed by atoms with Gasteiger partial charge in [-0.15, -0.1) is 0 Å². The van der Waals surface area contributed by atoms with E-state index < -0.39 is 58.0 Å². The van der Waals surface area contributed by atoms with E-state index in [1.165, 1.54) is 4.72 Å². The van der Waals surface area contributed by atoms with Crippen LogP contribution in [0.5, 0.6) is 0 Å². The molecule has 1 radical (unpaired) electrons. The van der Waals surface area contributed by atoms with E-state index in [0.717, 1.165) is 0 Å². The SMILES string of the molecule is O=S(=O)(O)NC1C(O)OC(CO)C(O)C1OS(=O)(=O)O.[Na]. The summed E-state index contributed by atoms with van der Waals surface area (Å²) in [5.41, 5.74) is 0. The van der Waals surface area contributed by atoms with Gasteiger partial charge >= 0.3 is 20.7 Å². The molecule has 1 heterocycles. The fourth-order valence-electron chi connectivity index (χ4n) is 1.64. The Morgan fingerprint density at radius 3 is 2.05 bits per heavy atom. The molecule has 0 saturated carbocycles. The molecule has 0 aliphatic carbocycles. The monoisotopic (exact) mass is 362 g/mol. The first-order valence-electron chi connectivity index (χ1n) is 4.97. The molecule has 0 spiro atoms. The molecule has 121 valence electrons.